The number of nitrogens with zero attached hydrogens (tertiary/aromatic N) is 3. The summed E-state index contributed by atoms with van der Waals surface area (Å²) in [6.45, 7) is 4.54. The molecule has 1 unspecified atom stereocenters. The highest BCUT2D eigenvalue weighted by Crippen LogP contribution is 2.22. The highest BCUT2D eigenvalue weighted by atomic mass is 32.2. The molecule has 1 N–H and O–H groups in total. The van der Waals surface area contributed by atoms with Crippen LogP contribution in [0.5, 0.6) is 0 Å². The zero-order valence-corrected chi connectivity index (χ0v) is 15.6. The number of furan rings is 1. The van der Waals surface area contributed by atoms with Crippen molar-refractivity contribution in [3.05, 3.63) is 41.6 Å². The molecule has 1 aliphatic rings. The molecule has 3 heterocycles. The lowest BCUT2D eigenvalue weighted by molar-refractivity contribution is 0.0942. The molecule has 26 heavy (non-hydrogen) atoms. The molecule has 2 aromatic heterocycles. The zero-order valence-electron chi connectivity index (χ0n) is 14.8. The molecule has 2 aromatic rings. The normalized spacial score (nSPS) is 18.6. The van der Waals surface area contributed by atoms with E-state index < -0.39 is 9.84 Å². The number of aryl methyl sites for hydroxylation is 1. The largest absolute Gasteiger partial charge is 0.467 e. The number of aromatic nitrogens is 2. The van der Waals surface area contributed by atoms with Crippen LogP contribution in [-0.2, 0) is 16.4 Å². The predicted molar refractivity (Wildman–Crippen MR) is 96.7 cm³/mol. The van der Waals surface area contributed by atoms with Crippen molar-refractivity contribution in [2.45, 2.75) is 32.9 Å². The summed E-state index contributed by atoms with van der Waals surface area (Å²) in [7, 11) is -3.02. The number of anilines is 1. The van der Waals surface area contributed by atoms with Gasteiger partial charge >= 0.3 is 0 Å². The van der Waals surface area contributed by atoms with Gasteiger partial charge in [-0.2, -0.15) is 0 Å². The van der Waals surface area contributed by atoms with Gasteiger partial charge in [-0.25, -0.2) is 18.4 Å². The van der Waals surface area contributed by atoms with Crippen molar-refractivity contribution >= 4 is 21.7 Å². The number of hydrogen-bond donors (Lipinski definition) is 1. The van der Waals surface area contributed by atoms with E-state index in [4.69, 9.17) is 4.42 Å². The molecule has 0 aromatic carbocycles. The Hall–Kier alpha value is -2.42. The maximum absolute atomic E-state index is 12.4. The standard InChI is InChI=1S/C17H22N4O4S/c1-3-21(13-6-8-26(23,24)11-13)17-19-12(2)9-15(20-17)16(22)18-10-14-5-4-7-25-14/h4-5,7,9,13H,3,6,8,10-11H2,1-2H3,(H,18,22). The van der Waals surface area contributed by atoms with E-state index in [1.165, 1.54) is 0 Å². The summed E-state index contributed by atoms with van der Waals surface area (Å²) in [5.41, 5.74) is 0.899. The van der Waals surface area contributed by atoms with Crippen molar-refractivity contribution in [3.63, 3.8) is 0 Å². The average Bonchev–Trinajstić information content (AvgIpc) is 3.22. The third-order valence-corrected chi connectivity index (χ3v) is 6.08. The minimum Gasteiger partial charge on any atom is -0.467 e. The van der Waals surface area contributed by atoms with Crippen LogP contribution in [0.2, 0.25) is 0 Å². The average molecular weight is 378 g/mol. The number of nitrogens with one attached hydrogen (secondary N) is 1. The van der Waals surface area contributed by atoms with Crippen LogP contribution in [0.4, 0.5) is 5.95 Å². The first-order valence-corrected chi connectivity index (χ1v) is 10.3. The van der Waals surface area contributed by atoms with Crippen molar-refractivity contribution in [1.29, 1.82) is 0 Å². The van der Waals surface area contributed by atoms with Gasteiger partial charge in [0, 0.05) is 18.3 Å². The van der Waals surface area contributed by atoms with Crippen LogP contribution in [0.25, 0.3) is 0 Å². The van der Waals surface area contributed by atoms with Crippen LogP contribution in [0.3, 0.4) is 0 Å². The summed E-state index contributed by atoms with van der Waals surface area (Å²) in [6, 6.07) is 4.98. The van der Waals surface area contributed by atoms with Gasteiger partial charge in [-0.05, 0) is 38.5 Å². The Kier molecular flexibility index (Phi) is 5.26. The Morgan fingerprint density at radius 3 is 2.85 bits per heavy atom. The van der Waals surface area contributed by atoms with Crippen molar-refractivity contribution in [3.8, 4) is 0 Å². The number of carbonyl (C=O) groups is 1. The minimum atomic E-state index is -3.02. The maximum atomic E-state index is 12.4. The first-order chi connectivity index (χ1) is 12.4. The highest BCUT2D eigenvalue weighted by molar-refractivity contribution is 7.91. The van der Waals surface area contributed by atoms with Gasteiger partial charge in [-0.1, -0.05) is 0 Å². The van der Waals surface area contributed by atoms with Gasteiger partial charge < -0.3 is 14.6 Å². The van der Waals surface area contributed by atoms with Gasteiger partial charge in [0.25, 0.3) is 5.91 Å². The summed E-state index contributed by atoms with van der Waals surface area (Å²) < 4.78 is 28.8. The Labute approximate surface area is 152 Å². The summed E-state index contributed by atoms with van der Waals surface area (Å²) >= 11 is 0. The Morgan fingerprint density at radius 2 is 2.23 bits per heavy atom. The molecule has 0 radical (unpaired) electrons. The number of hydrogen-bond acceptors (Lipinski definition) is 7. The third kappa shape index (κ3) is 4.21. The van der Waals surface area contributed by atoms with Gasteiger partial charge in [0.1, 0.15) is 11.5 Å². The van der Waals surface area contributed by atoms with E-state index in [1.54, 1.807) is 31.4 Å². The molecule has 1 saturated heterocycles. The van der Waals surface area contributed by atoms with Gasteiger partial charge in [-0.15, -0.1) is 0 Å². The summed E-state index contributed by atoms with van der Waals surface area (Å²) in [6.07, 6.45) is 2.09. The van der Waals surface area contributed by atoms with Gasteiger partial charge in [0.05, 0.1) is 24.3 Å². The molecule has 0 bridgehead atoms. The van der Waals surface area contributed by atoms with E-state index in [-0.39, 0.29) is 35.7 Å². The molecule has 140 valence electrons. The number of rotatable bonds is 6. The second-order valence-electron chi connectivity index (χ2n) is 6.30. The molecule has 0 spiro atoms. The maximum Gasteiger partial charge on any atom is 0.270 e. The van der Waals surface area contributed by atoms with Crippen LogP contribution >= 0.6 is 0 Å². The fraction of sp³-hybridized carbons (Fsp3) is 0.471. The fourth-order valence-corrected chi connectivity index (χ4v) is 4.78. The van der Waals surface area contributed by atoms with Crippen molar-refractivity contribution in [2.75, 3.05) is 23.0 Å². The molecule has 9 heteroatoms. The molecule has 1 aliphatic heterocycles. The number of sulfone groups is 1. The first-order valence-electron chi connectivity index (χ1n) is 8.51. The van der Waals surface area contributed by atoms with E-state index in [2.05, 4.69) is 15.3 Å². The Morgan fingerprint density at radius 1 is 1.42 bits per heavy atom. The minimum absolute atomic E-state index is 0.0954. The molecular formula is C17H22N4O4S. The fourth-order valence-electron chi connectivity index (χ4n) is 3.05. The van der Waals surface area contributed by atoms with Crippen LogP contribution in [0.15, 0.2) is 28.9 Å². The van der Waals surface area contributed by atoms with Gasteiger partial charge in [0.15, 0.2) is 9.84 Å². The topological polar surface area (TPSA) is 105 Å². The molecule has 1 fully saturated rings. The number of amides is 1. The van der Waals surface area contributed by atoms with Crippen molar-refractivity contribution < 1.29 is 17.6 Å². The molecule has 1 amide bonds. The predicted octanol–water partition coefficient (Wildman–Crippen LogP) is 1.32. The van der Waals surface area contributed by atoms with E-state index in [0.717, 1.165) is 0 Å². The van der Waals surface area contributed by atoms with Crippen LogP contribution in [-0.4, -0.2) is 48.4 Å². The molecule has 0 saturated carbocycles. The van der Waals surface area contributed by atoms with Gasteiger partial charge in [-0.3, -0.25) is 4.79 Å². The lowest BCUT2D eigenvalue weighted by Gasteiger charge is -2.27. The quantitative estimate of drug-likeness (QED) is 0.808. The monoisotopic (exact) mass is 378 g/mol. The molecule has 1 atom stereocenters. The molecular weight excluding hydrogens is 356 g/mol. The van der Waals surface area contributed by atoms with Crippen LogP contribution in [0, 0.1) is 6.92 Å². The molecule has 0 aliphatic carbocycles. The lowest BCUT2D eigenvalue weighted by atomic mass is 10.2. The summed E-state index contributed by atoms with van der Waals surface area (Å²) in [5.74, 6) is 0.978. The molecule has 8 nitrogen and oxygen atoms in total. The Balaban J connectivity index is 1.78. The number of carbonyl (C=O) groups excluding carboxylic acids is 1. The van der Waals surface area contributed by atoms with Crippen molar-refractivity contribution in [2.24, 2.45) is 0 Å². The van der Waals surface area contributed by atoms with Crippen LogP contribution < -0.4 is 10.2 Å². The lowest BCUT2D eigenvalue weighted by Crippen LogP contribution is -2.38. The molecule has 3 rings (SSSR count). The summed E-state index contributed by atoms with van der Waals surface area (Å²) in [4.78, 5) is 23.1. The van der Waals surface area contributed by atoms with Gasteiger partial charge in [0.2, 0.25) is 5.95 Å². The zero-order chi connectivity index (χ0) is 18.7. The first kappa shape index (κ1) is 18.4. The Bertz CT molecular complexity index is 880. The highest BCUT2D eigenvalue weighted by Gasteiger charge is 2.33. The van der Waals surface area contributed by atoms with Crippen LogP contribution in [0.1, 0.15) is 35.3 Å². The third-order valence-electron chi connectivity index (χ3n) is 4.33. The van der Waals surface area contributed by atoms with E-state index in [1.807, 2.05) is 11.8 Å². The van der Waals surface area contributed by atoms with Crippen molar-refractivity contribution in [1.82, 2.24) is 15.3 Å². The second kappa shape index (κ2) is 7.45. The smallest absolute Gasteiger partial charge is 0.270 e. The van der Waals surface area contributed by atoms with E-state index in [0.29, 0.717) is 30.4 Å². The second-order valence-corrected chi connectivity index (χ2v) is 8.53. The summed E-state index contributed by atoms with van der Waals surface area (Å²) in [5, 5.41) is 2.76. The van der Waals surface area contributed by atoms with E-state index in [9.17, 15) is 13.2 Å². The SMILES string of the molecule is CCN(c1nc(C)cc(C(=O)NCc2ccco2)n1)C1CCS(=O)(=O)C1. The van der Waals surface area contributed by atoms with E-state index >= 15 is 0 Å².